The summed E-state index contributed by atoms with van der Waals surface area (Å²) in [6.07, 6.45) is 3.65. The minimum atomic E-state index is 0.606. The molecule has 19 heavy (non-hydrogen) atoms. The number of hydrogen-bond acceptors (Lipinski definition) is 2. The van der Waals surface area contributed by atoms with Crippen LogP contribution in [0.5, 0.6) is 0 Å². The summed E-state index contributed by atoms with van der Waals surface area (Å²) in [5.74, 6) is 0. The molecule has 0 fully saturated rings. The summed E-state index contributed by atoms with van der Waals surface area (Å²) in [6.45, 7) is 0.628. The second-order valence-corrected chi connectivity index (χ2v) is 4.78. The summed E-state index contributed by atoms with van der Waals surface area (Å²) in [5, 5.41) is 0.606. The molecule has 0 spiro atoms. The lowest BCUT2D eigenvalue weighted by Gasteiger charge is -2.21. The molecule has 0 aromatic heterocycles. The van der Waals surface area contributed by atoms with Crippen molar-refractivity contribution in [2.24, 2.45) is 4.99 Å². The zero-order valence-electron chi connectivity index (χ0n) is 10.3. The summed E-state index contributed by atoms with van der Waals surface area (Å²) < 4.78 is 0. The standard InChI is InChI=1S/C16H13ClN2/c17-16-12-19(11-10-18-16)15-8-6-14(7-9-15)13-4-2-1-3-5-13/h1-11H,12H2. The van der Waals surface area contributed by atoms with E-state index in [9.17, 15) is 0 Å². The molecule has 2 aromatic rings. The smallest absolute Gasteiger partial charge is 0.125 e. The first-order valence-electron chi connectivity index (χ1n) is 6.14. The third-order valence-electron chi connectivity index (χ3n) is 3.07. The maximum atomic E-state index is 5.95. The molecule has 0 bridgehead atoms. The van der Waals surface area contributed by atoms with Gasteiger partial charge in [-0.15, -0.1) is 0 Å². The Balaban J connectivity index is 1.84. The molecule has 0 atom stereocenters. The van der Waals surface area contributed by atoms with E-state index >= 15 is 0 Å². The van der Waals surface area contributed by atoms with Crippen LogP contribution in [0.15, 0.2) is 72.0 Å². The maximum Gasteiger partial charge on any atom is 0.125 e. The number of hydrogen-bond donors (Lipinski definition) is 0. The molecular formula is C16H13ClN2. The highest BCUT2D eigenvalue weighted by Gasteiger charge is 2.09. The molecule has 0 saturated carbocycles. The lowest BCUT2D eigenvalue weighted by Crippen LogP contribution is -2.23. The first-order valence-corrected chi connectivity index (χ1v) is 6.52. The van der Waals surface area contributed by atoms with Crippen molar-refractivity contribution in [3.05, 3.63) is 67.0 Å². The van der Waals surface area contributed by atoms with Crippen LogP contribution in [0, 0.1) is 0 Å². The van der Waals surface area contributed by atoms with Gasteiger partial charge in [-0.2, -0.15) is 0 Å². The summed E-state index contributed by atoms with van der Waals surface area (Å²) in [4.78, 5) is 6.10. The average Bonchev–Trinajstić information content (AvgIpc) is 2.48. The van der Waals surface area contributed by atoms with Gasteiger partial charge >= 0.3 is 0 Å². The molecule has 0 saturated heterocycles. The number of anilines is 1. The second-order valence-electron chi connectivity index (χ2n) is 4.34. The number of benzene rings is 2. The van der Waals surface area contributed by atoms with Crippen molar-refractivity contribution in [2.45, 2.75) is 0 Å². The van der Waals surface area contributed by atoms with Crippen molar-refractivity contribution in [1.82, 2.24) is 0 Å². The molecule has 1 heterocycles. The Labute approximate surface area is 117 Å². The van der Waals surface area contributed by atoms with Gasteiger partial charge in [-0.25, -0.2) is 4.99 Å². The quantitative estimate of drug-likeness (QED) is 0.794. The fraction of sp³-hybridized carbons (Fsp3) is 0.0625. The number of halogens is 1. The van der Waals surface area contributed by atoms with E-state index in [1.54, 1.807) is 6.20 Å². The topological polar surface area (TPSA) is 15.6 Å². The zero-order valence-corrected chi connectivity index (χ0v) is 11.1. The van der Waals surface area contributed by atoms with Gasteiger partial charge in [0.25, 0.3) is 0 Å². The average molecular weight is 269 g/mol. The van der Waals surface area contributed by atoms with Crippen LogP contribution in [0.2, 0.25) is 0 Å². The Morgan fingerprint density at radius 1 is 0.895 bits per heavy atom. The van der Waals surface area contributed by atoms with Gasteiger partial charge in [0.2, 0.25) is 0 Å². The molecule has 3 heteroatoms. The molecule has 3 rings (SSSR count). The lowest BCUT2D eigenvalue weighted by atomic mass is 10.1. The van der Waals surface area contributed by atoms with Crippen molar-refractivity contribution in [2.75, 3.05) is 11.4 Å². The van der Waals surface area contributed by atoms with Gasteiger partial charge in [0.15, 0.2) is 0 Å². The van der Waals surface area contributed by atoms with Crippen LogP contribution in [0.3, 0.4) is 0 Å². The van der Waals surface area contributed by atoms with Crippen LogP contribution in [-0.2, 0) is 0 Å². The van der Waals surface area contributed by atoms with Gasteiger partial charge in [-0.1, -0.05) is 54.1 Å². The Morgan fingerprint density at radius 3 is 2.26 bits per heavy atom. The second kappa shape index (κ2) is 5.29. The van der Waals surface area contributed by atoms with Gasteiger partial charge < -0.3 is 4.90 Å². The normalized spacial score (nSPS) is 14.4. The van der Waals surface area contributed by atoms with E-state index in [2.05, 4.69) is 46.3 Å². The van der Waals surface area contributed by atoms with Gasteiger partial charge in [-0.3, -0.25) is 0 Å². The summed E-state index contributed by atoms with van der Waals surface area (Å²) in [5.41, 5.74) is 3.55. The van der Waals surface area contributed by atoms with E-state index in [1.165, 1.54) is 11.1 Å². The Bertz CT molecular complexity index is 615. The van der Waals surface area contributed by atoms with Gasteiger partial charge in [-0.05, 0) is 23.3 Å². The molecule has 0 amide bonds. The highest BCUT2D eigenvalue weighted by atomic mass is 35.5. The third-order valence-corrected chi connectivity index (χ3v) is 3.29. The fourth-order valence-corrected chi connectivity index (χ4v) is 2.27. The van der Waals surface area contributed by atoms with Crippen LogP contribution in [0.25, 0.3) is 11.1 Å². The Morgan fingerprint density at radius 2 is 1.58 bits per heavy atom. The molecule has 0 radical (unpaired) electrons. The predicted molar refractivity (Wildman–Crippen MR) is 81.7 cm³/mol. The molecule has 2 aromatic carbocycles. The van der Waals surface area contributed by atoms with Crippen LogP contribution < -0.4 is 4.90 Å². The summed E-state index contributed by atoms with van der Waals surface area (Å²) in [6, 6.07) is 18.8. The van der Waals surface area contributed by atoms with Crippen molar-refractivity contribution in [1.29, 1.82) is 0 Å². The van der Waals surface area contributed by atoms with E-state index in [0.717, 1.165) is 5.69 Å². The summed E-state index contributed by atoms with van der Waals surface area (Å²) in [7, 11) is 0. The minimum absolute atomic E-state index is 0.606. The SMILES string of the molecule is ClC1=NC=CN(c2ccc(-c3ccccc3)cc2)C1. The van der Waals surface area contributed by atoms with Crippen molar-refractivity contribution in [3.8, 4) is 11.1 Å². The zero-order chi connectivity index (χ0) is 13.1. The van der Waals surface area contributed by atoms with Gasteiger partial charge in [0, 0.05) is 18.1 Å². The van der Waals surface area contributed by atoms with Crippen LogP contribution >= 0.6 is 11.6 Å². The molecule has 0 N–H and O–H groups in total. The third kappa shape index (κ3) is 2.69. The van der Waals surface area contributed by atoms with E-state index in [4.69, 9.17) is 11.6 Å². The fourth-order valence-electron chi connectivity index (χ4n) is 2.08. The lowest BCUT2D eigenvalue weighted by molar-refractivity contribution is 1.10. The number of aliphatic imine (C=N–C) groups is 1. The van der Waals surface area contributed by atoms with E-state index in [0.29, 0.717) is 11.7 Å². The molecular weight excluding hydrogens is 256 g/mol. The van der Waals surface area contributed by atoms with E-state index in [-0.39, 0.29) is 0 Å². The van der Waals surface area contributed by atoms with E-state index in [1.807, 2.05) is 24.4 Å². The maximum absolute atomic E-state index is 5.95. The van der Waals surface area contributed by atoms with Gasteiger partial charge in [0.1, 0.15) is 5.17 Å². The Kier molecular flexibility index (Phi) is 3.34. The minimum Gasteiger partial charge on any atom is -0.339 e. The van der Waals surface area contributed by atoms with Crippen molar-refractivity contribution >= 4 is 22.5 Å². The van der Waals surface area contributed by atoms with Crippen LogP contribution in [0.1, 0.15) is 0 Å². The highest BCUT2D eigenvalue weighted by Crippen LogP contribution is 2.24. The molecule has 1 aliphatic rings. The van der Waals surface area contributed by atoms with Gasteiger partial charge in [0.05, 0.1) is 6.54 Å². The van der Waals surface area contributed by atoms with Crippen molar-refractivity contribution < 1.29 is 0 Å². The Hall–Kier alpha value is -2.06. The molecule has 0 unspecified atom stereocenters. The first-order chi connectivity index (χ1) is 9.33. The molecule has 94 valence electrons. The largest absolute Gasteiger partial charge is 0.339 e. The molecule has 0 aliphatic carbocycles. The van der Waals surface area contributed by atoms with Crippen LogP contribution in [0.4, 0.5) is 5.69 Å². The molecule has 2 nitrogen and oxygen atoms in total. The summed E-state index contributed by atoms with van der Waals surface area (Å²) >= 11 is 5.95. The number of nitrogens with zero attached hydrogens (tertiary/aromatic N) is 2. The number of rotatable bonds is 2. The monoisotopic (exact) mass is 268 g/mol. The van der Waals surface area contributed by atoms with E-state index < -0.39 is 0 Å². The van der Waals surface area contributed by atoms with Crippen molar-refractivity contribution in [3.63, 3.8) is 0 Å². The van der Waals surface area contributed by atoms with Crippen LogP contribution in [-0.4, -0.2) is 11.7 Å². The predicted octanol–water partition coefficient (Wildman–Crippen LogP) is 4.28. The molecule has 1 aliphatic heterocycles. The first kappa shape index (κ1) is 12.0. The highest BCUT2D eigenvalue weighted by molar-refractivity contribution is 6.66.